The van der Waals surface area contributed by atoms with E-state index in [0.29, 0.717) is 0 Å². The summed E-state index contributed by atoms with van der Waals surface area (Å²) in [5, 5.41) is 3.12. The van der Waals surface area contributed by atoms with Gasteiger partial charge in [0, 0.05) is 25.4 Å². The van der Waals surface area contributed by atoms with Gasteiger partial charge >= 0.3 is 0 Å². The van der Waals surface area contributed by atoms with Gasteiger partial charge in [0.2, 0.25) is 0 Å². The molecule has 0 radical (unpaired) electrons. The molecule has 1 aromatic heterocycles. The Morgan fingerprint density at radius 2 is 2.14 bits per heavy atom. The van der Waals surface area contributed by atoms with Gasteiger partial charge in [-0.2, -0.15) is 0 Å². The molecule has 2 aromatic rings. The number of rotatable bonds is 5. The summed E-state index contributed by atoms with van der Waals surface area (Å²) in [7, 11) is 3.57. The fraction of sp³-hybridized carbons (Fsp3) is 0.438. The van der Waals surface area contributed by atoms with Crippen molar-refractivity contribution >= 4 is 5.69 Å². The standard InChI is InChI=1S/C16H22N4O/c1-17-14-6-5-12(9-15(14)21-2)16-18-10-13(19-16)11-20-7-3-4-8-20/h5-6,9-10,17H,3-4,7-8,11H2,1-2H3,(H,18,19). The van der Waals surface area contributed by atoms with Crippen molar-refractivity contribution in [3.63, 3.8) is 0 Å². The third-order valence-corrected chi connectivity index (χ3v) is 3.96. The van der Waals surface area contributed by atoms with E-state index in [1.807, 2.05) is 31.4 Å². The normalized spacial score (nSPS) is 15.3. The maximum atomic E-state index is 5.40. The summed E-state index contributed by atoms with van der Waals surface area (Å²) in [5.41, 5.74) is 3.12. The minimum atomic E-state index is 0.826. The Balaban J connectivity index is 1.78. The predicted molar refractivity (Wildman–Crippen MR) is 84.6 cm³/mol. The summed E-state index contributed by atoms with van der Waals surface area (Å²) in [6.07, 6.45) is 4.62. The van der Waals surface area contributed by atoms with E-state index in [1.54, 1.807) is 7.11 Å². The number of H-pyrrole nitrogens is 1. The summed E-state index contributed by atoms with van der Waals surface area (Å²) in [5.74, 6) is 1.72. The second kappa shape index (κ2) is 6.18. The number of aromatic nitrogens is 2. The highest BCUT2D eigenvalue weighted by Crippen LogP contribution is 2.29. The first kappa shape index (κ1) is 13.9. The molecule has 1 fully saturated rings. The van der Waals surface area contributed by atoms with Gasteiger partial charge in [-0.1, -0.05) is 0 Å². The Hall–Kier alpha value is -2.01. The number of methoxy groups -OCH3 is 1. The molecule has 1 aliphatic rings. The summed E-state index contributed by atoms with van der Waals surface area (Å²) in [6, 6.07) is 6.06. The second-order valence-corrected chi connectivity index (χ2v) is 5.39. The Morgan fingerprint density at radius 1 is 1.33 bits per heavy atom. The molecule has 0 spiro atoms. The third kappa shape index (κ3) is 3.03. The Labute approximate surface area is 125 Å². The van der Waals surface area contributed by atoms with E-state index in [0.717, 1.165) is 35.1 Å². The van der Waals surface area contributed by atoms with Gasteiger partial charge in [-0.25, -0.2) is 4.98 Å². The largest absolute Gasteiger partial charge is 0.495 e. The van der Waals surface area contributed by atoms with Crippen LogP contribution in [-0.2, 0) is 6.54 Å². The SMILES string of the molecule is CNc1ccc(-c2nc(CN3CCCC3)c[nH]2)cc1OC. The first-order chi connectivity index (χ1) is 10.3. The van der Waals surface area contributed by atoms with Crippen molar-refractivity contribution in [2.45, 2.75) is 19.4 Å². The van der Waals surface area contributed by atoms with Crippen LogP contribution < -0.4 is 10.1 Å². The van der Waals surface area contributed by atoms with Crippen molar-refractivity contribution in [3.05, 3.63) is 30.1 Å². The van der Waals surface area contributed by atoms with Gasteiger partial charge in [0.15, 0.2) is 0 Å². The van der Waals surface area contributed by atoms with Gasteiger partial charge in [0.1, 0.15) is 11.6 Å². The van der Waals surface area contributed by atoms with Crippen LogP contribution in [0.25, 0.3) is 11.4 Å². The molecule has 0 bridgehead atoms. The molecule has 2 heterocycles. The number of likely N-dealkylation sites (tertiary alicyclic amines) is 1. The molecule has 0 amide bonds. The van der Waals surface area contributed by atoms with Crippen molar-refractivity contribution in [3.8, 4) is 17.1 Å². The molecule has 1 aliphatic heterocycles. The molecule has 1 aromatic carbocycles. The first-order valence-corrected chi connectivity index (χ1v) is 7.43. The number of hydrogen-bond donors (Lipinski definition) is 2. The van der Waals surface area contributed by atoms with E-state index in [2.05, 4.69) is 15.2 Å². The fourth-order valence-corrected chi connectivity index (χ4v) is 2.80. The smallest absolute Gasteiger partial charge is 0.142 e. The number of anilines is 1. The molecular formula is C16H22N4O. The molecule has 0 atom stereocenters. The number of nitrogens with zero attached hydrogens (tertiary/aromatic N) is 2. The topological polar surface area (TPSA) is 53.2 Å². The van der Waals surface area contributed by atoms with Crippen molar-refractivity contribution in [2.24, 2.45) is 0 Å². The maximum absolute atomic E-state index is 5.40. The predicted octanol–water partition coefficient (Wildman–Crippen LogP) is 2.72. The zero-order chi connectivity index (χ0) is 14.7. The van der Waals surface area contributed by atoms with E-state index >= 15 is 0 Å². The van der Waals surface area contributed by atoms with Crippen LogP contribution in [0.4, 0.5) is 5.69 Å². The monoisotopic (exact) mass is 286 g/mol. The number of aromatic amines is 1. The van der Waals surface area contributed by atoms with E-state index in [9.17, 15) is 0 Å². The molecule has 112 valence electrons. The van der Waals surface area contributed by atoms with Gasteiger partial charge in [0.25, 0.3) is 0 Å². The minimum absolute atomic E-state index is 0.826. The van der Waals surface area contributed by atoms with Crippen molar-refractivity contribution in [1.82, 2.24) is 14.9 Å². The molecule has 0 unspecified atom stereocenters. The van der Waals surface area contributed by atoms with Crippen molar-refractivity contribution < 1.29 is 4.74 Å². The number of imidazole rings is 1. The Morgan fingerprint density at radius 3 is 2.86 bits per heavy atom. The number of benzene rings is 1. The summed E-state index contributed by atoms with van der Waals surface area (Å²) in [6.45, 7) is 3.31. The van der Waals surface area contributed by atoms with Gasteiger partial charge in [0.05, 0.1) is 18.5 Å². The van der Waals surface area contributed by atoms with Gasteiger partial charge in [-0.3, -0.25) is 4.90 Å². The van der Waals surface area contributed by atoms with Crippen LogP contribution in [0.2, 0.25) is 0 Å². The fourth-order valence-electron chi connectivity index (χ4n) is 2.80. The lowest BCUT2D eigenvalue weighted by atomic mass is 10.2. The van der Waals surface area contributed by atoms with Crippen molar-refractivity contribution in [1.29, 1.82) is 0 Å². The van der Waals surface area contributed by atoms with Crippen LogP contribution in [-0.4, -0.2) is 42.1 Å². The Bertz CT molecular complexity index is 602. The lowest BCUT2D eigenvalue weighted by Gasteiger charge is -2.11. The Kier molecular flexibility index (Phi) is 4.10. The highest BCUT2D eigenvalue weighted by molar-refractivity contribution is 5.67. The van der Waals surface area contributed by atoms with Crippen LogP contribution >= 0.6 is 0 Å². The molecule has 5 nitrogen and oxygen atoms in total. The second-order valence-electron chi connectivity index (χ2n) is 5.39. The lowest BCUT2D eigenvalue weighted by Crippen LogP contribution is -2.18. The lowest BCUT2D eigenvalue weighted by molar-refractivity contribution is 0.328. The molecule has 5 heteroatoms. The molecule has 0 aliphatic carbocycles. The molecular weight excluding hydrogens is 264 g/mol. The van der Waals surface area contributed by atoms with E-state index in [1.165, 1.54) is 25.9 Å². The minimum Gasteiger partial charge on any atom is -0.495 e. The van der Waals surface area contributed by atoms with Crippen LogP contribution in [0.3, 0.4) is 0 Å². The van der Waals surface area contributed by atoms with Crippen LogP contribution in [0, 0.1) is 0 Å². The van der Waals surface area contributed by atoms with E-state index < -0.39 is 0 Å². The molecule has 0 saturated carbocycles. The van der Waals surface area contributed by atoms with E-state index in [-0.39, 0.29) is 0 Å². The zero-order valence-electron chi connectivity index (χ0n) is 12.6. The molecule has 1 saturated heterocycles. The summed E-state index contributed by atoms with van der Waals surface area (Å²) in [4.78, 5) is 10.4. The van der Waals surface area contributed by atoms with Crippen LogP contribution in [0.5, 0.6) is 5.75 Å². The third-order valence-electron chi connectivity index (χ3n) is 3.96. The van der Waals surface area contributed by atoms with Gasteiger partial charge < -0.3 is 15.0 Å². The van der Waals surface area contributed by atoms with Crippen LogP contribution in [0.15, 0.2) is 24.4 Å². The molecule has 2 N–H and O–H groups in total. The summed E-state index contributed by atoms with van der Waals surface area (Å²) < 4.78 is 5.40. The number of ether oxygens (including phenoxy) is 1. The quantitative estimate of drug-likeness (QED) is 0.887. The average Bonchev–Trinajstić information content (AvgIpc) is 3.19. The highest BCUT2D eigenvalue weighted by Gasteiger charge is 2.14. The van der Waals surface area contributed by atoms with E-state index in [4.69, 9.17) is 9.72 Å². The maximum Gasteiger partial charge on any atom is 0.142 e. The summed E-state index contributed by atoms with van der Waals surface area (Å²) >= 11 is 0. The van der Waals surface area contributed by atoms with Crippen molar-refractivity contribution in [2.75, 3.05) is 32.6 Å². The average molecular weight is 286 g/mol. The van der Waals surface area contributed by atoms with Gasteiger partial charge in [-0.15, -0.1) is 0 Å². The number of nitrogens with one attached hydrogen (secondary N) is 2. The van der Waals surface area contributed by atoms with Gasteiger partial charge in [-0.05, 0) is 44.1 Å². The molecule has 21 heavy (non-hydrogen) atoms. The van der Waals surface area contributed by atoms with Crippen LogP contribution in [0.1, 0.15) is 18.5 Å². The highest BCUT2D eigenvalue weighted by atomic mass is 16.5. The number of hydrogen-bond acceptors (Lipinski definition) is 4. The zero-order valence-corrected chi connectivity index (χ0v) is 12.6. The molecule has 3 rings (SSSR count). The first-order valence-electron chi connectivity index (χ1n) is 7.43.